The van der Waals surface area contributed by atoms with Gasteiger partial charge in [-0.2, -0.15) is 4.37 Å². The molecule has 3 N–H and O–H groups in total. The number of hydrogen-bond acceptors (Lipinski definition) is 10. The topological polar surface area (TPSA) is 155 Å². The molecule has 162 valence electrons. The van der Waals surface area contributed by atoms with Crippen LogP contribution in [0.5, 0.6) is 5.75 Å². The first-order valence-electron chi connectivity index (χ1n) is 8.70. The summed E-state index contributed by atoms with van der Waals surface area (Å²) in [6.45, 7) is 1.30. The van der Waals surface area contributed by atoms with E-state index < -0.39 is 15.9 Å². The molecule has 2 aromatic carbocycles. The van der Waals surface area contributed by atoms with Gasteiger partial charge in [0, 0.05) is 12.3 Å². The first-order valence-corrected chi connectivity index (χ1v) is 11.0. The number of nitrogens with one attached hydrogen (secondary N) is 2. The lowest BCUT2D eigenvalue weighted by atomic mass is 10.2. The second-order valence-electron chi connectivity index (χ2n) is 6.09. The summed E-state index contributed by atoms with van der Waals surface area (Å²) in [6.07, 6.45) is 1.12. The molecule has 0 unspecified atom stereocenters. The smallest absolute Gasteiger partial charge is 0.240 e. The third kappa shape index (κ3) is 5.02. The largest absolute Gasteiger partial charge is 0.504 e. The zero-order valence-electron chi connectivity index (χ0n) is 16.6. The normalized spacial score (nSPS) is 12.1. The van der Waals surface area contributed by atoms with Gasteiger partial charge in [0.1, 0.15) is 5.69 Å². The number of sulfonamides is 1. The summed E-state index contributed by atoms with van der Waals surface area (Å²) in [5, 5.41) is 22.0. The minimum absolute atomic E-state index is 0.0768. The van der Waals surface area contributed by atoms with Crippen molar-refractivity contribution in [1.82, 2.24) is 9.10 Å². The quantitative estimate of drug-likeness (QED) is 0.211. The molecule has 0 fully saturated rings. The average molecular weight is 463 g/mol. The molecule has 0 bridgehead atoms. The number of azo groups is 1. The minimum atomic E-state index is -3.63. The Morgan fingerprint density at radius 2 is 2.03 bits per heavy atom. The number of ether oxygens (including phenoxy) is 1. The number of hydrogen-bond donors (Lipinski definition) is 3. The van der Waals surface area contributed by atoms with Gasteiger partial charge in [0.25, 0.3) is 0 Å². The van der Waals surface area contributed by atoms with Crippen LogP contribution in [0.3, 0.4) is 0 Å². The van der Waals surface area contributed by atoms with Gasteiger partial charge in [0.05, 0.1) is 28.9 Å². The summed E-state index contributed by atoms with van der Waals surface area (Å²) in [5.41, 5.74) is 1.07. The molecule has 0 spiro atoms. The van der Waals surface area contributed by atoms with Crippen LogP contribution < -0.4 is 10.0 Å². The second kappa shape index (κ2) is 9.16. The number of aliphatic imine (C=N–C) groups is 1. The Balaban J connectivity index is 2.04. The maximum atomic E-state index is 12.1. The molecule has 11 nitrogen and oxygen atoms in total. The lowest BCUT2D eigenvalue weighted by Gasteiger charge is -2.08. The first-order chi connectivity index (χ1) is 14.7. The Labute approximate surface area is 181 Å². The molecule has 0 saturated carbocycles. The summed E-state index contributed by atoms with van der Waals surface area (Å²) in [7, 11) is -0.903. The molecule has 0 saturated heterocycles. The average Bonchev–Trinajstić information content (AvgIpc) is 3.15. The van der Waals surface area contributed by atoms with Crippen molar-refractivity contribution in [2.45, 2.75) is 11.8 Å². The number of rotatable bonds is 7. The Hall–Kier alpha value is -3.42. The number of aromatic nitrogens is 1. The van der Waals surface area contributed by atoms with E-state index in [1.807, 2.05) is 0 Å². The molecule has 0 atom stereocenters. The molecule has 13 heteroatoms. The molecule has 3 aromatic rings. The predicted molar refractivity (Wildman–Crippen MR) is 118 cm³/mol. The summed E-state index contributed by atoms with van der Waals surface area (Å²) in [5.74, 6) is -0.648. The highest BCUT2D eigenvalue weighted by atomic mass is 32.2. The van der Waals surface area contributed by atoms with E-state index in [1.165, 1.54) is 45.3 Å². The SMILES string of the molecule is CNS(=O)(=O)c1ccc2nsc(N=Nc3cc(N=COC)c(O)c(NC(C)=O)c3)c2c1. The molecular formula is C18H18N6O5S2. The zero-order chi connectivity index (χ0) is 22.6. The maximum Gasteiger partial charge on any atom is 0.240 e. The maximum absolute atomic E-state index is 12.1. The van der Waals surface area contributed by atoms with Gasteiger partial charge >= 0.3 is 0 Å². The van der Waals surface area contributed by atoms with E-state index in [0.29, 0.717) is 15.9 Å². The van der Waals surface area contributed by atoms with Crippen LogP contribution >= 0.6 is 11.5 Å². The standard InChI is InChI=1S/C18H18N6O5S2/c1-10(25)21-16-7-11(6-15(17(16)26)20-9-29-3)22-23-18-13-8-12(31(27,28)19-2)4-5-14(13)24-30-18/h4-9,19,26H,1-3H3,(H,21,25). The molecule has 0 aliphatic rings. The number of fused-ring (bicyclic) bond motifs is 1. The lowest BCUT2D eigenvalue weighted by Crippen LogP contribution is -2.18. The van der Waals surface area contributed by atoms with Crippen molar-refractivity contribution in [3.63, 3.8) is 0 Å². The number of anilines is 1. The van der Waals surface area contributed by atoms with Crippen LogP contribution in [0.25, 0.3) is 10.9 Å². The van der Waals surface area contributed by atoms with Gasteiger partial charge in [-0.1, -0.05) is 0 Å². The van der Waals surface area contributed by atoms with Crippen LogP contribution in [-0.4, -0.2) is 44.4 Å². The van der Waals surface area contributed by atoms with E-state index in [1.54, 1.807) is 6.07 Å². The fraction of sp³-hybridized carbons (Fsp3) is 0.167. The Kier molecular flexibility index (Phi) is 6.58. The number of methoxy groups -OCH3 is 1. The lowest BCUT2D eigenvalue weighted by molar-refractivity contribution is -0.114. The van der Waals surface area contributed by atoms with E-state index in [9.17, 15) is 18.3 Å². The minimum Gasteiger partial charge on any atom is -0.504 e. The molecule has 1 aromatic heterocycles. The highest BCUT2D eigenvalue weighted by Crippen LogP contribution is 2.40. The molecule has 0 aliphatic carbocycles. The van der Waals surface area contributed by atoms with Crippen LogP contribution in [0.1, 0.15) is 6.92 Å². The fourth-order valence-electron chi connectivity index (χ4n) is 2.52. The number of aromatic hydroxyl groups is 1. The Morgan fingerprint density at radius 3 is 2.71 bits per heavy atom. The molecule has 1 amide bonds. The summed E-state index contributed by atoms with van der Waals surface area (Å²) in [4.78, 5) is 15.5. The monoisotopic (exact) mass is 462 g/mol. The zero-order valence-corrected chi connectivity index (χ0v) is 18.3. The number of benzene rings is 2. The first kappa shape index (κ1) is 22.3. The molecule has 0 radical (unpaired) electrons. The third-order valence-electron chi connectivity index (χ3n) is 3.95. The molecule has 0 aliphatic heterocycles. The number of carbonyl (C=O) groups is 1. The van der Waals surface area contributed by atoms with E-state index in [4.69, 9.17) is 4.74 Å². The van der Waals surface area contributed by atoms with Crippen LogP contribution in [0.2, 0.25) is 0 Å². The van der Waals surface area contributed by atoms with Gasteiger partial charge in [0.15, 0.2) is 17.2 Å². The second-order valence-corrected chi connectivity index (χ2v) is 8.73. The van der Waals surface area contributed by atoms with E-state index in [2.05, 4.69) is 29.6 Å². The van der Waals surface area contributed by atoms with Crippen LogP contribution in [-0.2, 0) is 19.6 Å². The van der Waals surface area contributed by atoms with Crippen LogP contribution in [0.15, 0.2) is 50.4 Å². The number of carbonyl (C=O) groups excluding carboxylic acids is 1. The van der Waals surface area contributed by atoms with Gasteiger partial charge in [-0.05, 0) is 48.9 Å². The number of nitrogens with zero attached hydrogens (tertiary/aromatic N) is 4. The Morgan fingerprint density at radius 1 is 1.26 bits per heavy atom. The van der Waals surface area contributed by atoms with Crippen LogP contribution in [0, 0.1) is 0 Å². The van der Waals surface area contributed by atoms with Gasteiger partial charge in [-0.3, -0.25) is 4.79 Å². The van der Waals surface area contributed by atoms with E-state index in [-0.39, 0.29) is 27.7 Å². The fourth-order valence-corrected chi connectivity index (χ4v) is 3.96. The Bertz CT molecular complexity index is 1300. The molecule has 3 rings (SSSR count). The van der Waals surface area contributed by atoms with Gasteiger partial charge < -0.3 is 15.2 Å². The number of phenols is 1. The van der Waals surface area contributed by atoms with E-state index >= 15 is 0 Å². The highest BCUT2D eigenvalue weighted by Gasteiger charge is 2.15. The highest BCUT2D eigenvalue weighted by molar-refractivity contribution is 7.89. The summed E-state index contributed by atoms with van der Waals surface area (Å²) in [6, 6.07) is 7.37. The van der Waals surface area contributed by atoms with Crippen molar-refractivity contribution in [1.29, 1.82) is 0 Å². The number of amides is 1. The van der Waals surface area contributed by atoms with Gasteiger partial charge in [-0.25, -0.2) is 18.1 Å². The molecule has 1 heterocycles. The van der Waals surface area contributed by atoms with Crippen molar-refractivity contribution in [3.8, 4) is 5.75 Å². The van der Waals surface area contributed by atoms with Crippen molar-refractivity contribution in [2.75, 3.05) is 19.5 Å². The predicted octanol–water partition coefficient (Wildman–Crippen LogP) is 3.59. The summed E-state index contributed by atoms with van der Waals surface area (Å²) >= 11 is 1.05. The van der Waals surface area contributed by atoms with Crippen molar-refractivity contribution >= 4 is 66.8 Å². The van der Waals surface area contributed by atoms with Crippen molar-refractivity contribution in [3.05, 3.63) is 30.3 Å². The molecular weight excluding hydrogens is 444 g/mol. The number of phenolic OH excluding ortho intramolecular Hbond substituents is 1. The van der Waals surface area contributed by atoms with E-state index in [0.717, 1.165) is 17.9 Å². The van der Waals surface area contributed by atoms with Crippen molar-refractivity contribution < 1.29 is 23.1 Å². The molecule has 31 heavy (non-hydrogen) atoms. The van der Waals surface area contributed by atoms with Crippen molar-refractivity contribution in [2.24, 2.45) is 15.2 Å². The summed E-state index contributed by atoms with van der Waals surface area (Å²) < 4.78 is 35.4. The third-order valence-corrected chi connectivity index (χ3v) is 6.12. The van der Waals surface area contributed by atoms with Crippen LogP contribution in [0.4, 0.5) is 22.1 Å². The van der Waals surface area contributed by atoms with Gasteiger partial charge in [-0.15, -0.1) is 10.2 Å². The van der Waals surface area contributed by atoms with Gasteiger partial charge in [0.2, 0.25) is 15.9 Å².